The molecular formula is C9H19. The lowest BCUT2D eigenvalue weighted by molar-refractivity contribution is 0.315. The molecule has 0 heterocycles. The monoisotopic (exact) mass is 127 g/mol. The van der Waals surface area contributed by atoms with Crippen LogP contribution in [0.3, 0.4) is 0 Å². The van der Waals surface area contributed by atoms with Gasteiger partial charge in [0.25, 0.3) is 0 Å². The Balaban J connectivity index is 3.58. The summed E-state index contributed by atoms with van der Waals surface area (Å²) in [6.07, 6.45) is 1.21. The molecule has 0 aliphatic heterocycles. The molecule has 0 nitrogen and oxygen atoms in total. The third kappa shape index (κ3) is 2.88. The summed E-state index contributed by atoms with van der Waals surface area (Å²) in [6, 6.07) is 0. The van der Waals surface area contributed by atoms with Crippen LogP contribution >= 0.6 is 0 Å². The number of hydrogen-bond donors (Lipinski definition) is 0. The molecule has 0 amide bonds. The zero-order chi connectivity index (χ0) is 7.44. The van der Waals surface area contributed by atoms with Crippen LogP contribution in [0.5, 0.6) is 0 Å². The molecule has 0 saturated heterocycles. The molecule has 0 rings (SSSR count). The standard InChI is InChI=1S/C9H19/c1-6-8(4)9(5)7(2)3/h7-9H,4,6H2,1-3,5H3. The molecule has 0 aliphatic rings. The molecule has 0 N–H and O–H groups in total. The van der Waals surface area contributed by atoms with Gasteiger partial charge in [0, 0.05) is 0 Å². The average molecular weight is 127 g/mol. The fraction of sp³-hybridized carbons (Fsp3) is 0.889. The van der Waals surface area contributed by atoms with E-state index < -0.39 is 0 Å². The van der Waals surface area contributed by atoms with Crippen LogP contribution in [-0.4, -0.2) is 0 Å². The van der Waals surface area contributed by atoms with Gasteiger partial charge in [0.05, 0.1) is 0 Å². The Kier molecular flexibility index (Phi) is 3.92. The fourth-order valence-electron chi connectivity index (χ4n) is 0.916. The van der Waals surface area contributed by atoms with Gasteiger partial charge in [0.2, 0.25) is 0 Å². The Bertz CT molecular complexity index is 64.4. The van der Waals surface area contributed by atoms with Gasteiger partial charge in [-0.3, -0.25) is 0 Å². The van der Waals surface area contributed by atoms with Gasteiger partial charge in [0.15, 0.2) is 0 Å². The van der Waals surface area contributed by atoms with Crippen LogP contribution < -0.4 is 0 Å². The van der Waals surface area contributed by atoms with Gasteiger partial charge in [-0.1, -0.05) is 34.1 Å². The lowest BCUT2D eigenvalue weighted by atomic mass is 9.85. The minimum absolute atomic E-state index is 0.644. The van der Waals surface area contributed by atoms with E-state index in [2.05, 4.69) is 34.6 Å². The molecule has 0 aromatic carbocycles. The molecule has 55 valence electrons. The Hall–Kier alpha value is 0. The van der Waals surface area contributed by atoms with E-state index in [4.69, 9.17) is 0 Å². The summed E-state index contributed by atoms with van der Waals surface area (Å²) < 4.78 is 0. The van der Waals surface area contributed by atoms with Crippen molar-refractivity contribution in [3.63, 3.8) is 0 Å². The molecule has 0 saturated carbocycles. The van der Waals surface area contributed by atoms with Crippen molar-refractivity contribution in [3.8, 4) is 0 Å². The van der Waals surface area contributed by atoms with E-state index in [0.717, 1.165) is 11.8 Å². The second-order valence-corrected chi connectivity index (χ2v) is 3.27. The van der Waals surface area contributed by atoms with Gasteiger partial charge in [-0.25, -0.2) is 0 Å². The first-order valence-electron chi connectivity index (χ1n) is 3.92. The average Bonchev–Trinajstić information content (AvgIpc) is 1.84. The normalized spacial score (nSPS) is 18.0. The summed E-state index contributed by atoms with van der Waals surface area (Å²) >= 11 is 0. The molecule has 0 aromatic rings. The third-order valence-corrected chi connectivity index (χ3v) is 2.32. The molecule has 2 unspecified atom stereocenters. The lowest BCUT2D eigenvalue weighted by Gasteiger charge is -2.21. The van der Waals surface area contributed by atoms with Crippen molar-refractivity contribution in [2.75, 3.05) is 0 Å². The molecule has 0 spiro atoms. The predicted octanol–water partition coefficient (Wildman–Crippen LogP) is 3.14. The molecule has 9 heavy (non-hydrogen) atoms. The van der Waals surface area contributed by atoms with Gasteiger partial charge in [-0.15, -0.1) is 0 Å². The van der Waals surface area contributed by atoms with Crippen molar-refractivity contribution in [2.45, 2.75) is 34.1 Å². The van der Waals surface area contributed by atoms with Crippen molar-refractivity contribution in [1.82, 2.24) is 0 Å². The van der Waals surface area contributed by atoms with E-state index in [0.29, 0.717) is 5.92 Å². The van der Waals surface area contributed by atoms with E-state index in [1.54, 1.807) is 0 Å². The van der Waals surface area contributed by atoms with Gasteiger partial charge >= 0.3 is 0 Å². The van der Waals surface area contributed by atoms with E-state index in [1.165, 1.54) is 6.42 Å². The summed E-state index contributed by atoms with van der Waals surface area (Å²) in [4.78, 5) is 0. The Morgan fingerprint density at radius 2 is 1.67 bits per heavy atom. The van der Waals surface area contributed by atoms with Crippen LogP contribution in [-0.2, 0) is 0 Å². The Labute approximate surface area is 59.7 Å². The Morgan fingerprint density at radius 1 is 1.22 bits per heavy atom. The topological polar surface area (TPSA) is 0 Å². The molecule has 0 aliphatic carbocycles. The van der Waals surface area contributed by atoms with Crippen LogP contribution in [0.15, 0.2) is 0 Å². The highest BCUT2D eigenvalue weighted by molar-refractivity contribution is 4.68. The lowest BCUT2D eigenvalue weighted by Crippen LogP contribution is -2.13. The summed E-state index contributed by atoms with van der Waals surface area (Å²) in [5.74, 6) is 2.20. The number of hydrogen-bond acceptors (Lipinski definition) is 0. The van der Waals surface area contributed by atoms with E-state index >= 15 is 0 Å². The molecular weight excluding hydrogens is 108 g/mol. The maximum Gasteiger partial charge on any atom is -0.0389 e. The summed E-state index contributed by atoms with van der Waals surface area (Å²) in [6.45, 7) is 13.1. The predicted molar refractivity (Wildman–Crippen MR) is 43.1 cm³/mol. The zero-order valence-corrected chi connectivity index (χ0v) is 7.15. The van der Waals surface area contributed by atoms with Gasteiger partial charge < -0.3 is 0 Å². The first kappa shape index (κ1) is 9.00. The quantitative estimate of drug-likeness (QED) is 0.546. The second kappa shape index (κ2) is 3.92. The fourth-order valence-corrected chi connectivity index (χ4v) is 0.916. The first-order valence-corrected chi connectivity index (χ1v) is 3.92. The summed E-state index contributed by atoms with van der Waals surface area (Å²) in [7, 11) is 0. The first-order chi connectivity index (χ1) is 4.09. The third-order valence-electron chi connectivity index (χ3n) is 2.32. The van der Waals surface area contributed by atoms with E-state index in [9.17, 15) is 0 Å². The maximum atomic E-state index is 4.08. The molecule has 0 heteroatoms. The highest BCUT2D eigenvalue weighted by Crippen LogP contribution is 2.21. The van der Waals surface area contributed by atoms with Crippen molar-refractivity contribution >= 4 is 0 Å². The highest BCUT2D eigenvalue weighted by Gasteiger charge is 2.12. The van der Waals surface area contributed by atoms with Crippen LogP contribution in [0, 0.1) is 24.7 Å². The highest BCUT2D eigenvalue weighted by atomic mass is 14.2. The van der Waals surface area contributed by atoms with Gasteiger partial charge in [-0.2, -0.15) is 0 Å². The molecule has 1 radical (unpaired) electrons. The van der Waals surface area contributed by atoms with Crippen LogP contribution in [0.4, 0.5) is 0 Å². The van der Waals surface area contributed by atoms with E-state index in [1.807, 2.05) is 0 Å². The summed E-state index contributed by atoms with van der Waals surface area (Å²) in [5, 5.41) is 0. The van der Waals surface area contributed by atoms with Crippen LogP contribution in [0.1, 0.15) is 34.1 Å². The maximum absolute atomic E-state index is 4.08. The van der Waals surface area contributed by atoms with Crippen LogP contribution in [0.2, 0.25) is 0 Å². The minimum Gasteiger partial charge on any atom is -0.0651 e. The molecule has 0 aromatic heterocycles. The van der Waals surface area contributed by atoms with Crippen molar-refractivity contribution in [1.29, 1.82) is 0 Å². The number of rotatable bonds is 3. The Morgan fingerprint density at radius 3 is 1.78 bits per heavy atom. The van der Waals surface area contributed by atoms with Crippen LogP contribution in [0.25, 0.3) is 0 Å². The van der Waals surface area contributed by atoms with E-state index in [-0.39, 0.29) is 0 Å². The smallest absolute Gasteiger partial charge is 0.0389 e. The van der Waals surface area contributed by atoms with Gasteiger partial charge in [-0.05, 0) is 24.7 Å². The molecule has 2 atom stereocenters. The van der Waals surface area contributed by atoms with Crippen molar-refractivity contribution < 1.29 is 0 Å². The van der Waals surface area contributed by atoms with Crippen molar-refractivity contribution in [2.24, 2.45) is 17.8 Å². The minimum atomic E-state index is 0.644. The van der Waals surface area contributed by atoms with Crippen molar-refractivity contribution in [3.05, 3.63) is 6.92 Å². The second-order valence-electron chi connectivity index (χ2n) is 3.27. The largest absolute Gasteiger partial charge is 0.0651 e. The van der Waals surface area contributed by atoms with Gasteiger partial charge in [0.1, 0.15) is 0 Å². The molecule has 0 fully saturated rings. The SMILES string of the molecule is [CH2]C(CC)C(C)C(C)C. The summed E-state index contributed by atoms with van der Waals surface area (Å²) in [5.41, 5.74) is 0. The zero-order valence-electron chi connectivity index (χ0n) is 7.15. The molecule has 0 bridgehead atoms.